The summed E-state index contributed by atoms with van der Waals surface area (Å²) in [5.41, 5.74) is 2.59. The van der Waals surface area contributed by atoms with E-state index in [1.165, 1.54) is 13.2 Å². The van der Waals surface area contributed by atoms with Gasteiger partial charge in [-0.3, -0.25) is 9.48 Å². The van der Waals surface area contributed by atoms with Crippen molar-refractivity contribution >= 4 is 22.6 Å². The van der Waals surface area contributed by atoms with E-state index in [2.05, 4.69) is 11.2 Å². The Bertz CT molecular complexity index is 1300. The lowest BCUT2D eigenvalue weighted by Crippen LogP contribution is -2.04. The summed E-state index contributed by atoms with van der Waals surface area (Å²) in [6.07, 6.45) is 1.64. The van der Waals surface area contributed by atoms with E-state index in [-0.39, 0.29) is 5.43 Å². The third-order valence-electron chi connectivity index (χ3n) is 4.51. The first-order chi connectivity index (χ1) is 13.5. The van der Waals surface area contributed by atoms with E-state index < -0.39 is 0 Å². The van der Waals surface area contributed by atoms with Gasteiger partial charge in [0, 0.05) is 24.9 Å². The number of aromatic nitrogens is 2. The highest BCUT2D eigenvalue weighted by atomic mass is 35.5. The molecule has 0 aliphatic rings. The van der Waals surface area contributed by atoms with E-state index in [1.807, 2.05) is 0 Å². The molecular weight excluding hydrogens is 378 g/mol. The van der Waals surface area contributed by atoms with Gasteiger partial charge in [-0.15, -0.1) is 0 Å². The van der Waals surface area contributed by atoms with Crippen molar-refractivity contribution in [3.63, 3.8) is 0 Å². The summed E-state index contributed by atoms with van der Waals surface area (Å²) in [5.74, 6) is 0.785. The third-order valence-corrected chi connectivity index (χ3v) is 4.79. The minimum Gasteiger partial charge on any atom is -0.494 e. The fourth-order valence-electron chi connectivity index (χ4n) is 3.14. The molecule has 2 aromatic carbocycles. The Morgan fingerprint density at radius 3 is 2.57 bits per heavy atom. The lowest BCUT2D eigenvalue weighted by molar-refractivity contribution is 0.416. The zero-order valence-corrected chi connectivity index (χ0v) is 15.8. The van der Waals surface area contributed by atoms with E-state index in [1.54, 1.807) is 54.3 Å². The molecule has 0 saturated heterocycles. The molecule has 0 saturated carbocycles. The van der Waals surface area contributed by atoms with Crippen LogP contribution in [0.2, 0.25) is 5.02 Å². The minimum atomic E-state index is -0.228. The van der Waals surface area contributed by atoms with E-state index in [0.717, 1.165) is 0 Å². The highest BCUT2D eigenvalue weighted by Crippen LogP contribution is 2.42. The Hall–Kier alpha value is -3.56. The topological polar surface area (TPSA) is 81.1 Å². The Labute approximate surface area is 165 Å². The molecule has 0 N–H and O–H groups in total. The minimum absolute atomic E-state index is 0.228. The predicted molar refractivity (Wildman–Crippen MR) is 106 cm³/mol. The molecule has 0 aliphatic carbocycles. The van der Waals surface area contributed by atoms with Crippen LogP contribution in [0.5, 0.6) is 5.75 Å². The van der Waals surface area contributed by atoms with Crippen LogP contribution in [0.15, 0.2) is 57.9 Å². The van der Waals surface area contributed by atoms with Gasteiger partial charge in [-0.1, -0.05) is 11.6 Å². The number of halogens is 1. The maximum atomic E-state index is 12.8. The van der Waals surface area contributed by atoms with Crippen LogP contribution in [-0.4, -0.2) is 16.9 Å². The highest BCUT2D eigenvalue weighted by Gasteiger charge is 2.22. The van der Waals surface area contributed by atoms with Crippen LogP contribution in [0.4, 0.5) is 0 Å². The van der Waals surface area contributed by atoms with Gasteiger partial charge < -0.3 is 9.15 Å². The van der Waals surface area contributed by atoms with Crippen LogP contribution in [-0.2, 0) is 7.05 Å². The molecular formula is C21H14ClN3O3. The first-order valence-corrected chi connectivity index (χ1v) is 8.74. The van der Waals surface area contributed by atoms with Gasteiger partial charge in [-0.25, -0.2) is 0 Å². The molecule has 138 valence electrons. The van der Waals surface area contributed by atoms with Gasteiger partial charge in [0.2, 0.25) is 0 Å². The van der Waals surface area contributed by atoms with Crippen molar-refractivity contribution in [3.8, 4) is 34.4 Å². The molecule has 0 aliphatic heterocycles. The van der Waals surface area contributed by atoms with Gasteiger partial charge in [-0.05, 0) is 36.4 Å². The van der Waals surface area contributed by atoms with E-state index in [9.17, 15) is 4.79 Å². The number of benzene rings is 2. The smallest absolute Gasteiger partial charge is 0.193 e. The summed E-state index contributed by atoms with van der Waals surface area (Å²) in [4.78, 5) is 12.8. The molecule has 0 unspecified atom stereocenters. The Morgan fingerprint density at radius 1 is 1.21 bits per heavy atom. The maximum Gasteiger partial charge on any atom is 0.193 e. The summed E-state index contributed by atoms with van der Waals surface area (Å²) in [6.45, 7) is 0. The summed E-state index contributed by atoms with van der Waals surface area (Å²) in [6, 6.07) is 13.6. The van der Waals surface area contributed by atoms with Crippen LogP contribution >= 0.6 is 11.6 Å². The molecule has 2 heterocycles. The Morgan fingerprint density at radius 2 is 1.96 bits per heavy atom. The second-order valence-electron chi connectivity index (χ2n) is 6.15. The lowest BCUT2D eigenvalue weighted by Gasteiger charge is -2.14. The number of nitrogens with zero attached hydrogens (tertiary/aromatic N) is 3. The standard InChI is InChI=1S/C21H14ClN3O3/c1-25-16(7-8-24-25)19-20-14(9-15(22)21(19)27-2)17(26)10-18(28-20)13-5-3-12(11-23)4-6-13/h3-10H,1-2H3. The van der Waals surface area contributed by atoms with Crippen molar-refractivity contribution in [2.24, 2.45) is 7.05 Å². The highest BCUT2D eigenvalue weighted by molar-refractivity contribution is 6.33. The quantitative estimate of drug-likeness (QED) is 0.517. The lowest BCUT2D eigenvalue weighted by atomic mass is 10.0. The number of hydrogen-bond donors (Lipinski definition) is 0. The molecule has 0 fully saturated rings. The molecule has 4 rings (SSSR count). The van der Waals surface area contributed by atoms with Gasteiger partial charge in [0.1, 0.15) is 5.76 Å². The van der Waals surface area contributed by atoms with Gasteiger partial charge in [0.15, 0.2) is 16.8 Å². The first-order valence-electron chi connectivity index (χ1n) is 8.36. The predicted octanol–water partition coefficient (Wildman–Crippen LogP) is 4.39. The van der Waals surface area contributed by atoms with Crippen molar-refractivity contribution in [2.45, 2.75) is 0 Å². The van der Waals surface area contributed by atoms with Gasteiger partial charge in [0.25, 0.3) is 0 Å². The maximum absolute atomic E-state index is 12.8. The normalized spacial score (nSPS) is 10.8. The molecule has 0 radical (unpaired) electrons. The number of ether oxygens (including phenoxy) is 1. The molecule has 0 bridgehead atoms. The number of nitriles is 1. The number of methoxy groups -OCH3 is 1. The second-order valence-corrected chi connectivity index (χ2v) is 6.55. The van der Waals surface area contributed by atoms with Gasteiger partial charge >= 0.3 is 0 Å². The third kappa shape index (κ3) is 2.82. The van der Waals surface area contributed by atoms with Crippen LogP contribution in [0.25, 0.3) is 33.6 Å². The van der Waals surface area contributed by atoms with E-state index >= 15 is 0 Å². The monoisotopic (exact) mass is 391 g/mol. The summed E-state index contributed by atoms with van der Waals surface area (Å²) in [5, 5.41) is 13.8. The van der Waals surface area contributed by atoms with Gasteiger partial charge in [-0.2, -0.15) is 10.4 Å². The number of aryl methyl sites for hydroxylation is 1. The zero-order valence-electron chi connectivity index (χ0n) is 15.1. The van der Waals surface area contributed by atoms with Crippen molar-refractivity contribution in [1.29, 1.82) is 5.26 Å². The van der Waals surface area contributed by atoms with Crippen molar-refractivity contribution in [3.05, 3.63) is 69.5 Å². The second kappa shape index (κ2) is 6.87. The molecule has 0 atom stereocenters. The SMILES string of the molecule is COc1c(Cl)cc2c(=O)cc(-c3ccc(C#N)cc3)oc2c1-c1ccnn1C. The van der Waals surface area contributed by atoms with Crippen molar-refractivity contribution in [1.82, 2.24) is 9.78 Å². The fraction of sp³-hybridized carbons (Fsp3) is 0.0952. The molecule has 28 heavy (non-hydrogen) atoms. The van der Waals surface area contributed by atoms with E-state index in [4.69, 9.17) is 26.0 Å². The van der Waals surface area contributed by atoms with Crippen LogP contribution in [0.1, 0.15) is 5.56 Å². The van der Waals surface area contributed by atoms with Crippen molar-refractivity contribution < 1.29 is 9.15 Å². The Balaban J connectivity index is 2.08. The Kier molecular flexibility index (Phi) is 4.38. The zero-order chi connectivity index (χ0) is 19.8. The molecule has 0 amide bonds. The van der Waals surface area contributed by atoms with Gasteiger partial charge in [0.05, 0.1) is 40.4 Å². The number of rotatable bonds is 3. The summed E-state index contributed by atoms with van der Waals surface area (Å²) >= 11 is 6.37. The average molecular weight is 392 g/mol. The largest absolute Gasteiger partial charge is 0.494 e. The molecule has 7 heteroatoms. The van der Waals surface area contributed by atoms with Crippen molar-refractivity contribution in [2.75, 3.05) is 7.11 Å². The van der Waals surface area contributed by atoms with Crippen LogP contribution in [0, 0.1) is 11.3 Å². The molecule has 0 spiro atoms. The van der Waals surface area contributed by atoms with E-state index in [0.29, 0.717) is 49.9 Å². The van der Waals surface area contributed by atoms with Crippen LogP contribution < -0.4 is 10.2 Å². The molecule has 2 aromatic heterocycles. The van der Waals surface area contributed by atoms with Crippen LogP contribution in [0.3, 0.4) is 0 Å². The number of fused-ring (bicyclic) bond motifs is 1. The molecule has 6 nitrogen and oxygen atoms in total. The molecule has 4 aromatic rings. The summed E-state index contributed by atoms with van der Waals surface area (Å²) < 4.78 is 13.3. The average Bonchev–Trinajstić information content (AvgIpc) is 3.13. The fourth-order valence-corrected chi connectivity index (χ4v) is 3.42. The first kappa shape index (κ1) is 17.8. The summed E-state index contributed by atoms with van der Waals surface area (Å²) in [7, 11) is 3.29. The number of hydrogen-bond acceptors (Lipinski definition) is 5.